The average molecular weight is 551 g/mol. The molecule has 0 bridgehead atoms. The van der Waals surface area contributed by atoms with Crippen molar-refractivity contribution in [3.63, 3.8) is 0 Å². The molecule has 2 unspecified atom stereocenters. The zero-order valence-corrected chi connectivity index (χ0v) is 23.7. The van der Waals surface area contributed by atoms with Crippen molar-refractivity contribution in [2.45, 2.75) is 51.7 Å². The van der Waals surface area contributed by atoms with Crippen LogP contribution in [0.15, 0.2) is 65.1 Å². The van der Waals surface area contributed by atoms with E-state index in [0.29, 0.717) is 30.4 Å². The van der Waals surface area contributed by atoms with E-state index in [1.807, 2.05) is 35.4 Å². The number of piperidine rings is 1. The Morgan fingerprint density at radius 1 is 1.05 bits per heavy atom. The molecule has 0 saturated carbocycles. The lowest BCUT2D eigenvalue weighted by atomic mass is 9.80. The lowest BCUT2D eigenvalue weighted by molar-refractivity contribution is 0.0979. The van der Waals surface area contributed by atoms with E-state index in [-0.39, 0.29) is 18.1 Å². The topological polar surface area (TPSA) is 79.5 Å². The average Bonchev–Trinajstić information content (AvgIpc) is 3.39. The molecular formula is C34H38N4O3. The molecule has 7 nitrogen and oxygen atoms in total. The minimum Gasteiger partial charge on any atom is -0.392 e. The minimum absolute atomic E-state index is 0.00593. The SMILES string of the molecule is Cn1cc(-c2cccc(N3CCc4c(cc5n4CCCC5)C3=O)c2CO)cc(CC2=CC3CCNCC3C=C2)c1=O. The highest BCUT2D eigenvalue weighted by atomic mass is 16.3. The van der Waals surface area contributed by atoms with Crippen molar-refractivity contribution < 1.29 is 9.90 Å². The number of anilines is 1. The van der Waals surface area contributed by atoms with E-state index in [4.69, 9.17) is 0 Å². The van der Waals surface area contributed by atoms with E-state index in [2.05, 4.69) is 34.2 Å². The Bertz CT molecular complexity index is 1640. The van der Waals surface area contributed by atoms with Gasteiger partial charge in [-0.3, -0.25) is 9.59 Å². The Labute approximate surface area is 240 Å². The van der Waals surface area contributed by atoms with Gasteiger partial charge in [-0.15, -0.1) is 0 Å². The van der Waals surface area contributed by atoms with Gasteiger partial charge in [0.05, 0.1) is 17.9 Å². The number of aliphatic hydroxyl groups is 1. The number of aryl methyl sites for hydroxylation is 2. The van der Waals surface area contributed by atoms with Crippen LogP contribution in [0.4, 0.5) is 5.69 Å². The number of hydrogen-bond acceptors (Lipinski definition) is 4. The molecule has 1 aromatic carbocycles. The maximum atomic E-state index is 13.8. The van der Waals surface area contributed by atoms with Crippen LogP contribution in [0.25, 0.3) is 11.1 Å². The van der Waals surface area contributed by atoms with Crippen molar-refractivity contribution in [2.24, 2.45) is 18.9 Å². The number of benzene rings is 1. The summed E-state index contributed by atoms with van der Waals surface area (Å²) in [6, 6.07) is 9.93. The third-order valence-electron chi connectivity index (χ3n) is 9.54. The number of rotatable bonds is 5. The molecule has 212 valence electrons. The summed E-state index contributed by atoms with van der Waals surface area (Å²) < 4.78 is 3.99. The van der Waals surface area contributed by atoms with E-state index in [0.717, 1.165) is 79.0 Å². The summed E-state index contributed by atoms with van der Waals surface area (Å²) in [5.74, 6) is 1.06. The van der Waals surface area contributed by atoms with E-state index in [1.54, 1.807) is 11.6 Å². The Kier molecular flexibility index (Phi) is 6.79. The number of carbonyl (C=O) groups excluding carboxylic acids is 1. The largest absolute Gasteiger partial charge is 0.392 e. The lowest BCUT2D eigenvalue weighted by Gasteiger charge is -2.31. The first-order valence-electron chi connectivity index (χ1n) is 15.1. The van der Waals surface area contributed by atoms with Crippen molar-refractivity contribution >= 4 is 11.6 Å². The summed E-state index contributed by atoms with van der Waals surface area (Å²) in [4.78, 5) is 28.8. The van der Waals surface area contributed by atoms with Crippen LogP contribution in [-0.2, 0) is 39.5 Å². The minimum atomic E-state index is -0.197. The van der Waals surface area contributed by atoms with Crippen LogP contribution < -0.4 is 15.8 Å². The molecule has 7 rings (SSSR count). The Hall–Kier alpha value is -3.68. The van der Waals surface area contributed by atoms with Crippen molar-refractivity contribution in [3.8, 4) is 11.1 Å². The van der Waals surface area contributed by atoms with Crippen LogP contribution in [0.3, 0.4) is 0 Å². The number of carbonyl (C=O) groups is 1. The number of aromatic nitrogens is 2. The monoisotopic (exact) mass is 550 g/mol. The Balaban J connectivity index is 1.22. The fourth-order valence-corrected chi connectivity index (χ4v) is 7.41. The zero-order chi connectivity index (χ0) is 28.1. The molecule has 1 amide bonds. The van der Waals surface area contributed by atoms with E-state index in [1.165, 1.54) is 17.7 Å². The number of fused-ring (bicyclic) bond motifs is 4. The second-order valence-corrected chi connectivity index (χ2v) is 12.0. The van der Waals surface area contributed by atoms with Crippen molar-refractivity contribution in [2.75, 3.05) is 24.5 Å². The molecule has 2 atom stereocenters. The molecule has 4 aliphatic rings. The van der Waals surface area contributed by atoms with Gasteiger partial charge in [-0.25, -0.2) is 0 Å². The number of allylic oxidation sites excluding steroid dienone is 3. The molecule has 1 aliphatic carbocycles. The molecule has 3 aromatic rings. The summed E-state index contributed by atoms with van der Waals surface area (Å²) in [5, 5.41) is 14.1. The number of nitrogens with zero attached hydrogens (tertiary/aromatic N) is 3. The van der Waals surface area contributed by atoms with Crippen LogP contribution >= 0.6 is 0 Å². The summed E-state index contributed by atoms with van der Waals surface area (Å²) in [5.41, 5.74) is 8.33. The number of hydrogen-bond donors (Lipinski definition) is 2. The molecule has 3 aliphatic heterocycles. The van der Waals surface area contributed by atoms with Crippen LogP contribution in [-0.4, -0.2) is 39.8 Å². The number of nitrogens with one attached hydrogen (secondary N) is 1. The van der Waals surface area contributed by atoms with Crippen LogP contribution in [0, 0.1) is 11.8 Å². The highest BCUT2D eigenvalue weighted by molar-refractivity contribution is 6.09. The maximum absolute atomic E-state index is 13.8. The van der Waals surface area contributed by atoms with Crippen molar-refractivity contribution in [3.05, 3.63) is 98.8 Å². The molecule has 2 N–H and O–H groups in total. The Morgan fingerprint density at radius 3 is 2.83 bits per heavy atom. The second kappa shape index (κ2) is 10.6. The molecule has 1 saturated heterocycles. The highest BCUT2D eigenvalue weighted by Gasteiger charge is 2.32. The first-order valence-corrected chi connectivity index (χ1v) is 15.1. The number of amides is 1. The summed E-state index contributed by atoms with van der Waals surface area (Å²) >= 11 is 0. The van der Waals surface area contributed by atoms with Gasteiger partial charge in [-0.2, -0.15) is 0 Å². The predicted octanol–water partition coefficient (Wildman–Crippen LogP) is 4.15. The smallest absolute Gasteiger partial charge is 0.260 e. The van der Waals surface area contributed by atoms with E-state index in [9.17, 15) is 14.7 Å². The third-order valence-corrected chi connectivity index (χ3v) is 9.54. The molecule has 41 heavy (non-hydrogen) atoms. The second-order valence-electron chi connectivity index (χ2n) is 12.0. The van der Waals surface area contributed by atoms with Crippen LogP contribution in [0.1, 0.15) is 52.1 Å². The van der Waals surface area contributed by atoms with E-state index >= 15 is 0 Å². The van der Waals surface area contributed by atoms with Crippen molar-refractivity contribution in [1.82, 2.24) is 14.5 Å². The molecular weight excluding hydrogens is 512 g/mol. The fourth-order valence-electron chi connectivity index (χ4n) is 7.41. The van der Waals surface area contributed by atoms with Crippen molar-refractivity contribution in [1.29, 1.82) is 0 Å². The molecule has 1 fully saturated rings. The first kappa shape index (κ1) is 26.2. The maximum Gasteiger partial charge on any atom is 0.260 e. The van der Waals surface area contributed by atoms with Crippen LogP contribution in [0.2, 0.25) is 0 Å². The predicted molar refractivity (Wildman–Crippen MR) is 161 cm³/mol. The molecule has 0 spiro atoms. The fraction of sp³-hybridized carbons (Fsp3) is 0.412. The molecule has 5 heterocycles. The van der Waals surface area contributed by atoms with Gasteiger partial charge in [0.15, 0.2) is 0 Å². The van der Waals surface area contributed by atoms with Gasteiger partial charge in [0.25, 0.3) is 11.5 Å². The van der Waals surface area contributed by atoms with Gasteiger partial charge in [-0.1, -0.05) is 30.4 Å². The van der Waals surface area contributed by atoms with Gasteiger partial charge >= 0.3 is 0 Å². The zero-order valence-electron chi connectivity index (χ0n) is 23.7. The van der Waals surface area contributed by atoms with E-state index < -0.39 is 0 Å². The van der Waals surface area contributed by atoms with Crippen LogP contribution in [0.5, 0.6) is 0 Å². The van der Waals surface area contributed by atoms with Gasteiger partial charge in [0, 0.05) is 68.2 Å². The van der Waals surface area contributed by atoms with Gasteiger partial charge < -0.3 is 24.5 Å². The molecule has 7 heteroatoms. The summed E-state index contributed by atoms with van der Waals surface area (Å²) in [7, 11) is 1.79. The summed E-state index contributed by atoms with van der Waals surface area (Å²) in [6.07, 6.45) is 14.5. The standard InChI is InChI=1S/C34H38N4O3/c1-36-20-26(17-25(33(36)40)16-22-8-9-24-19-35-12-10-23(24)15-22)28-6-4-7-31(30(28)21-39)38-14-11-32-29(34(38)41)18-27-5-2-3-13-37(27)32/h4,6-9,15,17-18,20,23-24,35,39H,2-3,5,10-14,16,19,21H2,1H3. The quantitative estimate of drug-likeness (QED) is 0.500. The summed E-state index contributed by atoms with van der Waals surface area (Å²) in [6.45, 7) is 3.43. The third kappa shape index (κ3) is 4.61. The Morgan fingerprint density at radius 2 is 1.95 bits per heavy atom. The lowest BCUT2D eigenvalue weighted by Crippen LogP contribution is -2.38. The first-order chi connectivity index (χ1) is 20.0. The number of pyridine rings is 1. The molecule has 2 aromatic heterocycles. The normalized spacial score (nSPS) is 21.8. The van der Waals surface area contributed by atoms with Gasteiger partial charge in [0.2, 0.25) is 0 Å². The highest BCUT2D eigenvalue weighted by Crippen LogP contribution is 2.36. The van der Waals surface area contributed by atoms with Gasteiger partial charge in [0.1, 0.15) is 0 Å². The van der Waals surface area contributed by atoms with Gasteiger partial charge in [-0.05, 0) is 79.0 Å². The molecule has 0 radical (unpaired) electrons. The number of aliphatic hydroxyl groups excluding tert-OH is 1.